The number of H-pyrrole nitrogens is 1. The Balaban J connectivity index is 1.81. The molecule has 1 aliphatic carbocycles. The van der Waals surface area contributed by atoms with Crippen LogP contribution in [0.5, 0.6) is 11.5 Å². The molecule has 22 heavy (non-hydrogen) atoms. The van der Waals surface area contributed by atoms with Crippen LogP contribution in [-0.2, 0) is 0 Å². The number of nitrogens with zero attached hydrogens (tertiary/aromatic N) is 1. The van der Waals surface area contributed by atoms with Crippen molar-refractivity contribution in [1.82, 2.24) is 10.2 Å². The predicted octanol–water partition coefficient (Wildman–Crippen LogP) is 2.87. The van der Waals surface area contributed by atoms with Crippen molar-refractivity contribution < 1.29 is 14.3 Å². The Morgan fingerprint density at radius 1 is 1.23 bits per heavy atom. The van der Waals surface area contributed by atoms with Crippen LogP contribution < -0.4 is 14.8 Å². The zero-order valence-corrected chi connectivity index (χ0v) is 12.9. The fraction of sp³-hybridized carbons (Fsp3) is 0.375. The summed E-state index contributed by atoms with van der Waals surface area (Å²) in [7, 11) is 3.14. The molecule has 0 radical (unpaired) electrons. The molecule has 0 unspecified atom stereocenters. The fourth-order valence-corrected chi connectivity index (χ4v) is 2.41. The number of aromatic amines is 1. The maximum atomic E-state index is 12.4. The first-order chi connectivity index (χ1) is 10.6. The van der Waals surface area contributed by atoms with E-state index in [1.165, 1.54) is 12.8 Å². The number of amides is 1. The minimum Gasteiger partial charge on any atom is -0.496 e. The molecule has 1 aliphatic rings. The number of carbonyl (C=O) groups excluding carboxylic acids is 1. The third-order valence-corrected chi connectivity index (χ3v) is 3.87. The first kappa shape index (κ1) is 14.4. The maximum absolute atomic E-state index is 12.4. The molecule has 0 spiro atoms. The van der Waals surface area contributed by atoms with Crippen molar-refractivity contribution in [2.24, 2.45) is 0 Å². The van der Waals surface area contributed by atoms with Gasteiger partial charge in [0.2, 0.25) is 0 Å². The van der Waals surface area contributed by atoms with E-state index in [9.17, 15) is 4.79 Å². The second-order valence-corrected chi connectivity index (χ2v) is 5.44. The van der Waals surface area contributed by atoms with Gasteiger partial charge in [0.25, 0.3) is 5.91 Å². The summed E-state index contributed by atoms with van der Waals surface area (Å²) >= 11 is 0. The zero-order valence-electron chi connectivity index (χ0n) is 12.9. The summed E-state index contributed by atoms with van der Waals surface area (Å²) in [5, 5.41) is 9.88. The van der Waals surface area contributed by atoms with Crippen molar-refractivity contribution in [1.29, 1.82) is 0 Å². The number of hydrogen-bond donors (Lipinski definition) is 2. The van der Waals surface area contributed by atoms with E-state index in [0.717, 1.165) is 11.3 Å². The quantitative estimate of drug-likeness (QED) is 0.890. The van der Waals surface area contributed by atoms with Crippen molar-refractivity contribution in [3.05, 3.63) is 35.0 Å². The van der Waals surface area contributed by atoms with Crippen molar-refractivity contribution >= 4 is 11.7 Å². The monoisotopic (exact) mass is 301 g/mol. The van der Waals surface area contributed by atoms with Gasteiger partial charge in [-0.3, -0.25) is 9.89 Å². The van der Waals surface area contributed by atoms with E-state index in [1.807, 2.05) is 13.0 Å². The normalized spacial score (nSPS) is 13.8. The van der Waals surface area contributed by atoms with Gasteiger partial charge in [-0.05, 0) is 31.9 Å². The summed E-state index contributed by atoms with van der Waals surface area (Å²) in [6, 6.07) is 5.28. The zero-order chi connectivity index (χ0) is 15.7. The number of ether oxygens (including phenoxy) is 2. The SMILES string of the molecule is COc1cc(C(=O)Nc2cc(C3CC3)[nH]n2)cc(OC)c1C. The average molecular weight is 301 g/mol. The summed E-state index contributed by atoms with van der Waals surface area (Å²) in [6.07, 6.45) is 2.36. The molecule has 1 aromatic carbocycles. The van der Waals surface area contributed by atoms with Gasteiger partial charge in [0, 0.05) is 28.8 Å². The van der Waals surface area contributed by atoms with E-state index in [0.29, 0.717) is 28.8 Å². The maximum Gasteiger partial charge on any atom is 0.257 e. The lowest BCUT2D eigenvalue weighted by atomic mass is 10.1. The molecule has 0 aliphatic heterocycles. The molecule has 6 heteroatoms. The molecule has 0 bridgehead atoms. The van der Waals surface area contributed by atoms with Gasteiger partial charge in [-0.25, -0.2) is 0 Å². The first-order valence-corrected chi connectivity index (χ1v) is 7.21. The van der Waals surface area contributed by atoms with E-state index in [4.69, 9.17) is 9.47 Å². The standard InChI is InChI=1S/C16H19N3O3/c1-9-13(21-2)6-11(7-14(9)22-3)16(20)17-15-8-12(18-19-15)10-4-5-10/h6-8,10H,4-5H2,1-3H3,(H2,17,18,19,20). The van der Waals surface area contributed by atoms with Gasteiger partial charge in [-0.15, -0.1) is 0 Å². The van der Waals surface area contributed by atoms with Gasteiger partial charge in [0.1, 0.15) is 11.5 Å². The Kier molecular flexibility index (Phi) is 3.75. The predicted molar refractivity (Wildman–Crippen MR) is 82.8 cm³/mol. The van der Waals surface area contributed by atoms with Crippen LogP contribution in [0.2, 0.25) is 0 Å². The fourth-order valence-electron chi connectivity index (χ4n) is 2.41. The highest BCUT2D eigenvalue weighted by molar-refractivity contribution is 6.04. The summed E-state index contributed by atoms with van der Waals surface area (Å²) in [4.78, 5) is 12.4. The largest absolute Gasteiger partial charge is 0.496 e. The van der Waals surface area contributed by atoms with Crippen LogP contribution in [0.3, 0.4) is 0 Å². The third-order valence-electron chi connectivity index (χ3n) is 3.87. The summed E-state index contributed by atoms with van der Waals surface area (Å²) in [6.45, 7) is 1.88. The highest BCUT2D eigenvalue weighted by Crippen LogP contribution is 2.39. The molecule has 6 nitrogen and oxygen atoms in total. The van der Waals surface area contributed by atoms with Crippen molar-refractivity contribution in [2.45, 2.75) is 25.7 Å². The molecule has 1 fully saturated rings. The smallest absolute Gasteiger partial charge is 0.257 e. The molecule has 116 valence electrons. The summed E-state index contributed by atoms with van der Waals surface area (Å²) < 4.78 is 10.6. The number of anilines is 1. The Morgan fingerprint density at radius 3 is 2.41 bits per heavy atom. The molecule has 1 amide bonds. The van der Waals surface area contributed by atoms with Gasteiger partial charge in [-0.2, -0.15) is 5.10 Å². The van der Waals surface area contributed by atoms with E-state index in [-0.39, 0.29) is 5.91 Å². The highest BCUT2D eigenvalue weighted by Gasteiger charge is 2.25. The number of rotatable bonds is 5. The Hall–Kier alpha value is -2.50. The minimum absolute atomic E-state index is 0.245. The molecule has 0 atom stereocenters. The number of carbonyl (C=O) groups is 1. The Bertz CT molecular complexity index is 679. The molecule has 1 saturated carbocycles. The van der Waals surface area contributed by atoms with Crippen molar-refractivity contribution in [3.63, 3.8) is 0 Å². The molecule has 2 N–H and O–H groups in total. The lowest BCUT2D eigenvalue weighted by Gasteiger charge is -2.12. The number of nitrogens with one attached hydrogen (secondary N) is 2. The molecular weight excluding hydrogens is 282 g/mol. The van der Waals surface area contributed by atoms with Crippen molar-refractivity contribution in [2.75, 3.05) is 19.5 Å². The Morgan fingerprint density at radius 2 is 1.86 bits per heavy atom. The molecule has 0 saturated heterocycles. The molecule has 1 heterocycles. The number of benzene rings is 1. The van der Waals surface area contributed by atoms with Crippen LogP contribution in [0.4, 0.5) is 5.82 Å². The second kappa shape index (κ2) is 5.71. The van der Waals surface area contributed by atoms with Gasteiger partial charge in [-0.1, -0.05) is 0 Å². The first-order valence-electron chi connectivity index (χ1n) is 7.21. The molecule has 2 aromatic rings. The lowest BCUT2D eigenvalue weighted by molar-refractivity contribution is 0.102. The van der Waals surface area contributed by atoms with Crippen LogP contribution in [0.1, 0.15) is 40.4 Å². The highest BCUT2D eigenvalue weighted by atomic mass is 16.5. The minimum atomic E-state index is -0.245. The molecular formula is C16H19N3O3. The van der Waals surface area contributed by atoms with Crippen LogP contribution in [0.15, 0.2) is 18.2 Å². The summed E-state index contributed by atoms with van der Waals surface area (Å²) in [5.41, 5.74) is 2.40. The summed E-state index contributed by atoms with van der Waals surface area (Å²) in [5.74, 6) is 2.09. The number of hydrogen-bond acceptors (Lipinski definition) is 4. The van der Waals surface area contributed by atoms with E-state index in [1.54, 1.807) is 26.4 Å². The van der Waals surface area contributed by atoms with Gasteiger partial charge in [0.05, 0.1) is 14.2 Å². The molecule has 3 rings (SSSR count). The second-order valence-electron chi connectivity index (χ2n) is 5.44. The average Bonchev–Trinajstić information content (AvgIpc) is 3.27. The lowest BCUT2D eigenvalue weighted by Crippen LogP contribution is -2.13. The third kappa shape index (κ3) is 2.77. The van der Waals surface area contributed by atoms with Gasteiger partial charge >= 0.3 is 0 Å². The van der Waals surface area contributed by atoms with Crippen molar-refractivity contribution in [3.8, 4) is 11.5 Å². The van der Waals surface area contributed by atoms with E-state index < -0.39 is 0 Å². The van der Waals surface area contributed by atoms with Crippen LogP contribution in [0, 0.1) is 6.92 Å². The topological polar surface area (TPSA) is 76.2 Å². The molecule has 1 aromatic heterocycles. The van der Waals surface area contributed by atoms with Crippen LogP contribution >= 0.6 is 0 Å². The van der Waals surface area contributed by atoms with Crippen LogP contribution in [-0.4, -0.2) is 30.3 Å². The number of methoxy groups -OCH3 is 2. The number of aromatic nitrogens is 2. The van der Waals surface area contributed by atoms with Gasteiger partial charge < -0.3 is 14.8 Å². The van der Waals surface area contributed by atoms with Crippen LogP contribution in [0.25, 0.3) is 0 Å². The Labute approximate surface area is 128 Å². The van der Waals surface area contributed by atoms with Gasteiger partial charge in [0.15, 0.2) is 5.82 Å². The van der Waals surface area contributed by atoms with E-state index in [2.05, 4.69) is 15.5 Å². The van der Waals surface area contributed by atoms with E-state index >= 15 is 0 Å².